The summed E-state index contributed by atoms with van der Waals surface area (Å²) in [5, 5.41) is 14.9. The van der Waals surface area contributed by atoms with Gasteiger partial charge in [0.15, 0.2) is 0 Å². The fourth-order valence-corrected chi connectivity index (χ4v) is 2.86. The Balaban J connectivity index is 2.16. The first-order valence-corrected chi connectivity index (χ1v) is 8.41. The zero-order valence-electron chi connectivity index (χ0n) is 13.6. The molecule has 2 aromatic carbocycles. The molecule has 0 saturated carbocycles. The molecule has 0 aliphatic rings. The molecule has 0 aliphatic heterocycles. The van der Waals surface area contributed by atoms with Crippen molar-refractivity contribution >= 4 is 23.4 Å². The summed E-state index contributed by atoms with van der Waals surface area (Å²) in [6.45, 7) is 3.71. The molecule has 0 spiro atoms. The van der Waals surface area contributed by atoms with Crippen molar-refractivity contribution in [2.24, 2.45) is 0 Å². The van der Waals surface area contributed by atoms with Crippen LogP contribution in [0.15, 0.2) is 76.2 Å². The minimum atomic E-state index is -0.381. The van der Waals surface area contributed by atoms with E-state index < -0.39 is 0 Å². The van der Waals surface area contributed by atoms with E-state index in [9.17, 15) is 4.79 Å². The molecule has 2 rings (SSSR count). The largest absolute Gasteiger partial charge is 0.359 e. The first-order chi connectivity index (χ1) is 11.6. The van der Waals surface area contributed by atoms with Crippen molar-refractivity contribution in [2.45, 2.75) is 29.7 Å². The lowest BCUT2D eigenvalue weighted by molar-refractivity contribution is -0.117. The SMILES string of the molecule is CC(C)NC(=O)/C(C#N)=C\Nc1ccccc1Sc1ccccc1. The number of para-hydroxylation sites is 1. The third-order valence-corrected chi connectivity index (χ3v) is 4.10. The van der Waals surface area contributed by atoms with E-state index in [2.05, 4.69) is 10.6 Å². The van der Waals surface area contributed by atoms with Crippen molar-refractivity contribution in [1.29, 1.82) is 5.26 Å². The predicted octanol–water partition coefficient (Wildman–Crippen LogP) is 4.18. The Morgan fingerprint density at radius 2 is 1.79 bits per heavy atom. The number of nitriles is 1. The molecule has 5 heteroatoms. The van der Waals surface area contributed by atoms with Crippen LogP contribution < -0.4 is 10.6 Å². The normalized spacial score (nSPS) is 11.0. The molecule has 0 heterocycles. The lowest BCUT2D eigenvalue weighted by Crippen LogP contribution is -2.31. The average Bonchev–Trinajstić information content (AvgIpc) is 2.57. The minimum absolute atomic E-state index is 0.0184. The van der Waals surface area contributed by atoms with Gasteiger partial charge in [-0.15, -0.1) is 0 Å². The third kappa shape index (κ3) is 5.18. The first-order valence-electron chi connectivity index (χ1n) is 7.59. The number of hydrogen-bond donors (Lipinski definition) is 2. The van der Waals surface area contributed by atoms with E-state index in [-0.39, 0.29) is 17.5 Å². The highest BCUT2D eigenvalue weighted by Gasteiger charge is 2.10. The van der Waals surface area contributed by atoms with Crippen LogP contribution in [0.1, 0.15) is 13.8 Å². The average molecular weight is 337 g/mol. The maximum atomic E-state index is 11.9. The number of nitrogens with zero attached hydrogens (tertiary/aromatic N) is 1. The van der Waals surface area contributed by atoms with Crippen LogP contribution >= 0.6 is 11.8 Å². The van der Waals surface area contributed by atoms with Gasteiger partial charge < -0.3 is 10.6 Å². The topological polar surface area (TPSA) is 64.9 Å². The Bertz CT molecular complexity index is 764. The number of nitrogens with one attached hydrogen (secondary N) is 2. The van der Waals surface area contributed by atoms with Gasteiger partial charge in [0.25, 0.3) is 5.91 Å². The van der Waals surface area contributed by atoms with Crippen molar-refractivity contribution in [2.75, 3.05) is 5.32 Å². The van der Waals surface area contributed by atoms with Crippen molar-refractivity contribution in [3.8, 4) is 6.07 Å². The summed E-state index contributed by atoms with van der Waals surface area (Å²) in [6, 6.07) is 19.7. The summed E-state index contributed by atoms with van der Waals surface area (Å²) in [6.07, 6.45) is 1.45. The number of carbonyl (C=O) groups is 1. The maximum Gasteiger partial charge on any atom is 0.263 e. The highest BCUT2D eigenvalue weighted by molar-refractivity contribution is 7.99. The number of hydrogen-bond acceptors (Lipinski definition) is 4. The summed E-state index contributed by atoms with van der Waals surface area (Å²) in [7, 11) is 0. The zero-order chi connectivity index (χ0) is 17.4. The molecular formula is C19H19N3OS. The molecule has 122 valence electrons. The van der Waals surface area contributed by atoms with Gasteiger partial charge >= 0.3 is 0 Å². The molecule has 0 radical (unpaired) electrons. The van der Waals surface area contributed by atoms with E-state index in [1.807, 2.05) is 74.5 Å². The molecule has 0 aliphatic carbocycles. The molecule has 0 bridgehead atoms. The van der Waals surface area contributed by atoms with Crippen LogP contribution in [0.4, 0.5) is 5.69 Å². The molecule has 0 aromatic heterocycles. The number of amides is 1. The molecule has 2 N–H and O–H groups in total. The highest BCUT2D eigenvalue weighted by atomic mass is 32.2. The summed E-state index contributed by atoms with van der Waals surface area (Å²) >= 11 is 1.62. The molecule has 24 heavy (non-hydrogen) atoms. The van der Waals surface area contributed by atoms with Gasteiger partial charge in [-0.25, -0.2) is 0 Å². The van der Waals surface area contributed by atoms with Crippen LogP contribution in [0, 0.1) is 11.3 Å². The van der Waals surface area contributed by atoms with Crippen LogP contribution in [-0.4, -0.2) is 11.9 Å². The molecule has 1 amide bonds. The van der Waals surface area contributed by atoms with Gasteiger partial charge in [-0.3, -0.25) is 4.79 Å². The van der Waals surface area contributed by atoms with Crippen LogP contribution in [0.2, 0.25) is 0 Å². The van der Waals surface area contributed by atoms with Gasteiger partial charge in [-0.2, -0.15) is 5.26 Å². The quantitative estimate of drug-likeness (QED) is 0.613. The summed E-state index contributed by atoms with van der Waals surface area (Å²) < 4.78 is 0. The van der Waals surface area contributed by atoms with Crippen molar-refractivity contribution in [3.63, 3.8) is 0 Å². The number of benzene rings is 2. The van der Waals surface area contributed by atoms with E-state index in [1.165, 1.54) is 6.20 Å². The third-order valence-electron chi connectivity index (χ3n) is 3.01. The number of anilines is 1. The van der Waals surface area contributed by atoms with Crippen LogP contribution in [0.25, 0.3) is 0 Å². The monoisotopic (exact) mass is 337 g/mol. The molecule has 4 nitrogen and oxygen atoms in total. The Labute approximate surface area is 146 Å². The lowest BCUT2D eigenvalue weighted by Gasteiger charge is -2.10. The number of carbonyl (C=O) groups excluding carboxylic acids is 1. The van der Waals surface area contributed by atoms with Gasteiger partial charge in [-0.1, -0.05) is 42.1 Å². The zero-order valence-corrected chi connectivity index (χ0v) is 14.4. The van der Waals surface area contributed by atoms with Crippen molar-refractivity contribution in [3.05, 3.63) is 66.4 Å². The van der Waals surface area contributed by atoms with Gasteiger partial charge in [0.05, 0.1) is 5.69 Å². The fraction of sp³-hybridized carbons (Fsp3) is 0.158. The minimum Gasteiger partial charge on any atom is -0.359 e. The predicted molar refractivity (Wildman–Crippen MR) is 97.6 cm³/mol. The maximum absolute atomic E-state index is 11.9. The van der Waals surface area contributed by atoms with E-state index in [0.29, 0.717) is 0 Å². The Kier molecular flexibility index (Phi) is 6.47. The molecular weight excluding hydrogens is 318 g/mol. The van der Waals surface area contributed by atoms with Gasteiger partial charge in [0, 0.05) is 22.0 Å². The summed E-state index contributed by atoms with van der Waals surface area (Å²) in [5.74, 6) is -0.381. The Hall–Kier alpha value is -2.71. The van der Waals surface area contributed by atoms with E-state index in [4.69, 9.17) is 5.26 Å². The number of rotatable bonds is 6. The molecule has 2 aromatic rings. The van der Waals surface area contributed by atoms with Gasteiger partial charge in [-0.05, 0) is 38.1 Å². The van der Waals surface area contributed by atoms with Crippen LogP contribution in [0.5, 0.6) is 0 Å². The second-order valence-corrected chi connectivity index (χ2v) is 6.47. The molecule has 0 unspecified atom stereocenters. The summed E-state index contributed by atoms with van der Waals surface area (Å²) in [5.41, 5.74) is 0.889. The van der Waals surface area contributed by atoms with Gasteiger partial charge in [0.1, 0.15) is 11.6 Å². The van der Waals surface area contributed by atoms with Crippen molar-refractivity contribution in [1.82, 2.24) is 5.32 Å². The molecule has 0 atom stereocenters. The van der Waals surface area contributed by atoms with E-state index >= 15 is 0 Å². The first kappa shape index (κ1) is 17.6. The second kappa shape index (κ2) is 8.80. The van der Waals surface area contributed by atoms with Crippen LogP contribution in [-0.2, 0) is 4.79 Å². The van der Waals surface area contributed by atoms with Crippen molar-refractivity contribution < 1.29 is 4.79 Å². The molecule has 0 saturated heterocycles. The Morgan fingerprint density at radius 3 is 2.46 bits per heavy atom. The molecule has 0 fully saturated rings. The summed E-state index contributed by atoms with van der Waals surface area (Å²) in [4.78, 5) is 14.1. The highest BCUT2D eigenvalue weighted by Crippen LogP contribution is 2.33. The van der Waals surface area contributed by atoms with E-state index in [0.717, 1.165) is 15.5 Å². The van der Waals surface area contributed by atoms with Gasteiger partial charge in [0.2, 0.25) is 0 Å². The van der Waals surface area contributed by atoms with Crippen LogP contribution in [0.3, 0.4) is 0 Å². The lowest BCUT2D eigenvalue weighted by atomic mass is 10.2. The second-order valence-electron chi connectivity index (χ2n) is 5.35. The standard InChI is InChI=1S/C19H19N3OS/c1-14(2)22-19(23)15(12-20)13-21-17-10-6-7-11-18(17)24-16-8-4-3-5-9-16/h3-11,13-14,21H,1-2H3,(H,22,23)/b15-13-. The fourth-order valence-electron chi connectivity index (χ4n) is 1.93. The Morgan fingerprint density at radius 1 is 1.12 bits per heavy atom. The van der Waals surface area contributed by atoms with E-state index in [1.54, 1.807) is 11.8 Å². The smallest absolute Gasteiger partial charge is 0.263 e.